The number of carbonyl (C=O) groups is 4. The van der Waals surface area contributed by atoms with E-state index in [1.807, 2.05) is 0 Å². The lowest BCUT2D eigenvalue weighted by Gasteiger charge is -2.23. The van der Waals surface area contributed by atoms with Crippen LogP contribution < -0.4 is 33.2 Å². The second kappa shape index (κ2) is 14.7. The van der Waals surface area contributed by atoms with E-state index in [0.29, 0.717) is 45.2 Å². The van der Waals surface area contributed by atoms with E-state index in [1.165, 1.54) is 13.8 Å². The standard InChI is InChI=1S/C18H36N6O5/c1-11(15(25)23-12(2)18(28)29)22-17(27)14(8-4-6-10-20)24-16(26)13(21)7-3-5-9-19/h11-14H,3-10,19-21H2,1-2H3,(H,22,27)(H,23,25)(H,24,26)(H,28,29)/t11-,12-,13-,14-/m0/s1. The normalized spacial score (nSPS) is 14.9. The van der Waals surface area contributed by atoms with Crippen molar-refractivity contribution in [2.45, 2.75) is 76.5 Å². The molecule has 3 amide bonds. The fourth-order valence-electron chi connectivity index (χ4n) is 2.46. The molecule has 0 aliphatic heterocycles. The molecule has 0 heterocycles. The van der Waals surface area contributed by atoms with Crippen LogP contribution in [0.2, 0.25) is 0 Å². The van der Waals surface area contributed by atoms with Gasteiger partial charge >= 0.3 is 5.97 Å². The Morgan fingerprint density at radius 1 is 0.759 bits per heavy atom. The van der Waals surface area contributed by atoms with Gasteiger partial charge in [0.05, 0.1) is 6.04 Å². The Kier molecular flexibility index (Phi) is 13.6. The summed E-state index contributed by atoms with van der Waals surface area (Å²) in [6, 6.07) is -3.70. The van der Waals surface area contributed by atoms with Gasteiger partial charge in [-0.1, -0.05) is 6.42 Å². The van der Waals surface area contributed by atoms with E-state index in [1.54, 1.807) is 0 Å². The first-order valence-corrected chi connectivity index (χ1v) is 9.93. The molecule has 10 N–H and O–H groups in total. The van der Waals surface area contributed by atoms with E-state index in [2.05, 4.69) is 16.0 Å². The first-order valence-electron chi connectivity index (χ1n) is 9.93. The van der Waals surface area contributed by atoms with E-state index >= 15 is 0 Å². The van der Waals surface area contributed by atoms with Crippen LogP contribution in [0.15, 0.2) is 0 Å². The number of hydrogen-bond donors (Lipinski definition) is 7. The molecule has 168 valence electrons. The molecule has 0 aromatic heterocycles. The number of aliphatic carboxylic acids is 1. The van der Waals surface area contributed by atoms with Crippen LogP contribution in [-0.4, -0.2) is 66.1 Å². The van der Waals surface area contributed by atoms with Crippen LogP contribution in [0.5, 0.6) is 0 Å². The summed E-state index contributed by atoms with van der Waals surface area (Å²) >= 11 is 0. The second-order valence-electron chi connectivity index (χ2n) is 7.04. The highest BCUT2D eigenvalue weighted by molar-refractivity contribution is 5.93. The minimum absolute atomic E-state index is 0.337. The molecule has 0 aromatic rings. The Morgan fingerprint density at radius 2 is 1.28 bits per heavy atom. The number of carbonyl (C=O) groups excluding carboxylic acids is 3. The maximum Gasteiger partial charge on any atom is 0.325 e. The van der Waals surface area contributed by atoms with Gasteiger partial charge in [0.15, 0.2) is 0 Å². The van der Waals surface area contributed by atoms with E-state index in [-0.39, 0.29) is 0 Å². The van der Waals surface area contributed by atoms with Crippen LogP contribution in [0.25, 0.3) is 0 Å². The Hall–Kier alpha value is -2.24. The van der Waals surface area contributed by atoms with Crippen LogP contribution >= 0.6 is 0 Å². The van der Waals surface area contributed by atoms with Gasteiger partial charge in [0, 0.05) is 0 Å². The molecule has 0 saturated heterocycles. The van der Waals surface area contributed by atoms with Crippen molar-refractivity contribution in [3.8, 4) is 0 Å². The summed E-state index contributed by atoms with van der Waals surface area (Å²) in [5.74, 6) is -2.83. The molecule has 0 bridgehead atoms. The lowest BCUT2D eigenvalue weighted by molar-refractivity contribution is -0.141. The molecule has 0 radical (unpaired) electrons. The summed E-state index contributed by atoms with van der Waals surface area (Å²) in [5, 5.41) is 16.3. The van der Waals surface area contributed by atoms with Gasteiger partial charge in [-0.15, -0.1) is 0 Å². The molecule has 0 fully saturated rings. The van der Waals surface area contributed by atoms with Gasteiger partial charge in [-0.2, -0.15) is 0 Å². The van der Waals surface area contributed by atoms with Crippen molar-refractivity contribution in [3.63, 3.8) is 0 Å². The van der Waals surface area contributed by atoms with Crippen LogP contribution in [0.1, 0.15) is 52.4 Å². The monoisotopic (exact) mass is 416 g/mol. The highest BCUT2D eigenvalue weighted by atomic mass is 16.4. The second-order valence-corrected chi connectivity index (χ2v) is 7.04. The van der Waals surface area contributed by atoms with Crippen molar-refractivity contribution in [3.05, 3.63) is 0 Å². The van der Waals surface area contributed by atoms with Gasteiger partial charge in [-0.3, -0.25) is 19.2 Å². The summed E-state index contributed by atoms with van der Waals surface area (Å²) < 4.78 is 0. The van der Waals surface area contributed by atoms with Crippen molar-refractivity contribution >= 4 is 23.7 Å². The maximum absolute atomic E-state index is 12.6. The lowest BCUT2D eigenvalue weighted by atomic mass is 10.1. The van der Waals surface area contributed by atoms with Crippen LogP contribution in [0.4, 0.5) is 0 Å². The quantitative estimate of drug-likeness (QED) is 0.151. The van der Waals surface area contributed by atoms with Crippen LogP contribution in [0, 0.1) is 0 Å². The molecule has 29 heavy (non-hydrogen) atoms. The van der Waals surface area contributed by atoms with Gasteiger partial charge in [0.2, 0.25) is 17.7 Å². The first-order chi connectivity index (χ1) is 13.6. The van der Waals surface area contributed by atoms with E-state index in [0.717, 1.165) is 6.42 Å². The summed E-state index contributed by atoms with van der Waals surface area (Å²) in [7, 11) is 0. The first kappa shape index (κ1) is 26.8. The molecule has 0 aromatic carbocycles. The average molecular weight is 417 g/mol. The number of unbranched alkanes of at least 4 members (excludes halogenated alkanes) is 2. The van der Waals surface area contributed by atoms with Crippen molar-refractivity contribution in [1.29, 1.82) is 0 Å². The molecule has 11 heteroatoms. The molecule has 0 saturated carbocycles. The van der Waals surface area contributed by atoms with Crippen LogP contribution in [0.3, 0.4) is 0 Å². The maximum atomic E-state index is 12.6. The number of amides is 3. The molecule has 0 spiro atoms. The fourth-order valence-corrected chi connectivity index (χ4v) is 2.46. The van der Waals surface area contributed by atoms with Crippen molar-refractivity contribution in [2.75, 3.05) is 13.1 Å². The topological polar surface area (TPSA) is 203 Å². The zero-order chi connectivity index (χ0) is 22.4. The van der Waals surface area contributed by atoms with E-state index < -0.39 is 47.9 Å². The average Bonchev–Trinajstić information content (AvgIpc) is 2.66. The molecule has 0 rings (SSSR count). The Bertz CT molecular complexity index is 545. The van der Waals surface area contributed by atoms with E-state index in [4.69, 9.17) is 22.3 Å². The summed E-state index contributed by atoms with van der Waals surface area (Å²) in [5.41, 5.74) is 16.8. The molecular weight excluding hydrogens is 380 g/mol. The van der Waals surface area contributed by atoms with Crippen LogP contribution in [-0.2, 0) is 19.2 Å². The zero-order valence-electron chi connectivity index (χ0n) is 17.3. The van der Waals surface area contributed by atoms with Gasteiger partial charge in [-0.25, -0.2) is 0 Å². The number of nitrogens with one attached hydrogen (secondary N) is 3. The van der Waals surface area contributed by atoms with E-state index in [9.17, 15) is 19.2 Å². The number of rotatable bonds is 15. The molecule has 0 aliphatic rings. The smallest absolute Gasteiger partial charge is 0.325 e. The molecule has 0 unspecified atom stereocenters. The predicted octanol–water partition coefficient (Wildman–Crippen LogP) is -1.85. The molecule has 4 atom stereocenters. The number of hydrogen-bond acceptors (Lipinski definition) is 7. The summed E-state index contributed by atoms with van der Waals surface area (Å²) in [6.45, 7) is 3.71. The SMILES string of the molecule is C[C@H](NC(=O)[C@H](C)NC(=O)[C@H](CCCCN)NC(=O)[C@@H](N)CCCCN)C(=O)O. The number of carboxylic acid groups (broad SMARTS) is 1. The molecule has 11 nitrogen and oxygen atoms in total. The summed E-state index contributed by atoms with van der Waals surface area (Å²) in [6.07, 6.45) is 3.52. The van der Waals surface area contributed by atoms with Gasteiger partial charge in [-0.05, 0) is 59.0 Å². The molecule has 0 aliphatic carbocycles. The van der Waals surface area contributed by atoms with Gasteiger partial charge in [0.25, 0.3) is 0 Å². The van der Waals surface area contributed by atoms with Crippen molar-refractivity contribution in [1.82, 2.24) is 16.0 Å². The van der Waals surface area contributed by atoms with Gasteiger partial charge in [0.1, 0.15) is 18.1 Å². The Labute approximate surface area is 171 Å². The summed E-state index contributed by atoms with van der Waals surface area (Å²) in [4.78, 5) is 47.8. The lowest BCUT2D eigenvalue weighted by Crippen LogP contribution is -2.56. The Balaban J connectivity index is 4.87. The third-order valence-corrected chi connectivity index (χ3v) is 4.37. The van der Waals surface area contributed by atoms with Gasteiger partial charge < -0.3 is 38.3 Å². The minimum atomic E-state index is -1.19. The Morgan fingerprint density at radius 3 is 1.79 bits per heavy atom. The number of nitrogens with two attached hydrogens (primary N) is 3. The third-order valence-electron chi connectivity index (χ3n) is 4.37. The largest absolute Gasteiger partial charge is 0.480 e. The predicted molar refractivity (Wildman–Crippen MR) is 109 cm³/mol. The zero-order valence-corrected chi connectivity index (χ0v) is 17.3. The molecular formula is C18H36N6O5. The highest BCUT2D eigenvalue weighted by Gasteiger charge is 2.27. The number of carboxylic acids is 1. The van der Waals surface area contributed by atoms with Crippen molar-refractivity contribution in [2.24, 2.45) is 17.2 Å². The van der Waals surface area contributed by atoms with Crippen molar-refractivity contribution < 1.29 is 24.3 Å². The fraction of sp³-hybridized carbons (Fsp3) is 0.778. The minimum Gasteiger partial charge on any atom is -0.480 e. The third kappa shape index (κ3) is 11.4. The highest BCUT2D eigenvalue weighted by Crippen LogP contribution is 2.04.